The number of nitrogens with one attached hydrogen (secondary N) is 1. The molecule has 0 unspecified atom stereocenters. The van der Waals surface area contributed by atoms with Gasteiger partial charge in [0.05, 0.1) is 5.69 Å². The number of aryl methyl sites for hydroxylation is 1. The molecule has 0 amide bonds. The number of benzene rings is 1. The Morgan fingerprint density at radius 2 is 2.09 bits per heavy atom. The van der Waals surface area contributed by atoms with E-state index in [0.29, 0.717) is 5.69 Å². The first-order chi connectivity index (χ1) is 6.47. The smallest absolute Gasteiger partial charge is 0.0874 e. The first kappa shape index (κ1) is 4.49. The summed E-state index contributed by atoms with van der Waals surface area (Å²) in [5.41, 5.74) is 3.68. The SMILES string of the molecule is [2H]C([2H])([2H])NN=Nc1ccc(C)cc1. The van der Waals surface area contributed by atoms with Crippen LogP contribution in [-0.4, -0.2) is 6.98 Å². The van der Waals surface area contributed by atoms with Gasteiger partial charge in [-0.25, -0.2) is 0 Å². The van der Waals surface area contributed by atoms with Crippen molar-refractivity contribution >= 4 is 5.69 Å². The third-order valence-corrected chi connectivity index (χ3v) is 1.25. The van der Waals surface area contributed by atoms with E-state index in [2.05, 4.69) is 10.3 Å². The molecule has 1 N–H and O–H groups in total. The lowest BCUT2D eigenvalue weighted by molar-refractivity contribution is 0.822. The summed E-state index contributed by atoms with van der Waals surface area (Å²) in [5, 5.41) is 7.04. The van der Waals surface area contributed by atoms with E-state index in [1.54, 1.807) is 12.1 Å². The largest absolute Gasteiger partial charge is 0.295 e. The minimum Gasteiger partial charge on any atom is -0.295 e. The molecular weight excluding hydrogens is 138 g/mol. The Morgan fingerprint density at radius 1 is 1.36 bits per heavy atom. The maximum Gasteiger partial charge on any atom is 0.0874 e. The summed E-state index contributed by atoms with van der Waals surface area (Å²) in [6.07, 6.45) is 0. The third kappa shape index (κ3) is 2.37. The summed E-state index contributed by atoms with van der Waals surface area (Å²) in [6, 6.07) is 7.29. The molecule has 58 valence electrons. The van der Waals surface area contributed by atoms with Gasteiger partial charge in [0.2, 0.25) is 0 Å². The Bertz CT molecular complexity index is 316. The number of rotatable bonds is 2. The number of hydrogen-bond acceptors (Lipinski definition) is 2. The number of hydrogen-bond donors (Lipinski definition) is 1. The summed E-state index contributed by atoms with van der Waals surface area (Å²) in [4.78, 5) is 0. The van der Waals surface area contributed by atoms with Gasteiger partial charge in [0.25, 0.3) is 0 Å². The maximum atomic E-state index is 6.80. The average Bonchev–Trinajstić information content (AvgIpc) is 2.06. The van der Waals surface area contributed by atoms with Gasteiger partial charge in [-0.05, 0) is 19.1 Å². The van der Waals surface area contributed by atoms with Crippen LogP contribution in [0.3, 0.4) is 0 Å². The highest BCUT2D eigenvalue weighted by Crippen LogP contribution is 2.11. The lowest BCUT2D eigenvalue weighted by Gasteiger charge is -1.92. The van der Waals surface area contributed by atoms with Crippen LogP contribution in [0.2, 0.25) is 0 Å². The Balaban J connectivity index is 2.57. The lowest BCUT2D eigenvalue weighted by atomic mass is 10.2. The maximum absolute atomic E-state index is 6.80. The lowest BCUT2D eigenvalue weighted by Crippen LogP contribution is -1.89. The molecule has 1 aromatic carbocycles. The van der Waals surface area contributed by atoms with Gasteiger partial charge in [-0.15, -0.1) is 5.11 Å². The van der Waals surface area contributed by atoms with Crippen molar-refractivity contribution in [2.45, 2.75) is 6.92 Å². The molecule has 0 spiro atoms. The fraction of sp³-hybridized carbons (Fsp3) is 0.250. The van der Waals surface area contributed by atoms with Crippen LogP contribution < -0.4 is 5.43 Å². The molecule has 0 atom stereocenters. The van der Waals surface area contributed by atoms with Crippen LogP contribution in [0.4, 0.5) is 5.69 Å². The molecule has 0 bridgehead atoms. The van der Waals surface area contributed by atoms with E-state index in [4.69, 9.17) is 4.11 Å². The van der Waals surface area contributed by atoms with E-state index >= 15 is 0 Å². The summed E-state index contributed by atoms with van der Waals surface area (Å²) in [6.45, 7) is -0.324. The first-order valence-electron chi connectivity index (χ1n) is 4.72. The van der Waals surface area contributed by atoms with Gasteiger partial charge in [-0.1, -0.05) is 22.9 Å². The highest BCUT2D eigenvalue weighted by atomic mass is 15.4. The fourth-order valence-corrected chi connectivity index (χ4v) is 0.694. The van der Waals surface area contributed by atoms with Crippen molar-refractivity contribution in [1.29, 1.82) is 0 Å². The van der Waals surface area contributed by atoms with Crippen molar-refractivity contribution in [3.8, 4) is 0 Å². The van der Waals surface area contributed by atoms with Crippen LogP contribution in [0.5, 0.6) is 0 Å². The molecule has 0 fully saturated rings. The predicted octanol–water partition coefficient (Wildman–Crippen LogP) is 2.21. The van der Waals surface area contributed by atoms with Crippen molar-refractivity contribution in [2.24, 2.45) is 10.3 Å². The molecule has 1 aromatic rings. The topological polar surface area (TPSA) is 36.8 Å². The minimum atomic E-state index is -2.28. The van der Waals surface area contributed by atoms with E-state index in [9.17, 15) is 0 Å². The van der Waals surface area contributed by atoms with Crippen LogP contribution in [0.1, 0.15) is 9.68 Å². The standard InChI is InChI=1S/C8H11N3/c1-7-3-5-8(6-4-7)10-11-9-2/h3-6H,1-2H3,(H,9,10)/i2D3. The van der Waals surface area contributed by atoms with E-state index in [0.717, 1.165) is 5.56 Å². The van der Waals surface area contributed by atoms with Crippen LogP contribution in [0, 0.1) is 6.92 Å². The molecule has 0 radical (unpaired) electrons. The third-order valence-electron chi connectivity index (χ3n) is 1.25. The van der Waals surface area contributed by atoms with Gasteiger partial charge < -0.3 is 0 Å². The zero-order valence-corrected chi connectivity index (χ0v) is 6.20. The molecule has 0 aliphatic carbocycles. The zero-order valence-electron chi connectivity index (χ0n) is 9.20. The minimum absolute atomic E-state index is 0.618. The molecule has 11 heavy (non-hydrogen) atoms. The fourth-order valence-electron chi connectivity index (χ4n) is 0.694. The van der Waals surface area contributed by atoms with E-state index in [1.807, 2.05) is 24.5 Å². The summed E-state index contributed by atoms with van der Waals surface area (Å²) in [7, 11) is 0. The van der Waals surface area contributed by atoms with Crippen molar-refractivity contribution in [1.82, 2.24) is 5.43 Å². The second-order valence-corrected chi connectivity index (χ2v) is 2.15. The molecule has 0 saturated heterocycles. The van der Waals surface area contributed by atoms with Crippen molar-refractivity contribution in [3.63, 3.8) is 0 Å². The zero-order chi connectivity index (χ0) is 10.6. The summed E-state index contributed by atoms with van der Waals surface area (Å²) < 4.78 is 20.4. The molecule has 3 nitrogen and oxygen atoms in total. The van der Waals surface area contributed by atoms with E-state index < -0.39 is 6.98 Å². The molecule has 0 saturated carbocycles. The van der Waals surface area contributed by atoms with Crippen molar-refractivity contribution in [2.75, 3.05) is 6.98 Å². The van der Waals surface area contributed by atoms with E-state index in [1.165, 1.54) is 0 Å². The normalized spacial score (nSPS) is 15.5. The molecule has 3 heteroatoms. The van der Waals surface area contributed by atoms with Gasteiger partial charge in [0.15, 0.2) is 0 Å². The van der Waals surface area contributed by atoms with Gasteiger partial charge >= 0.3 is 0 Å². The van der Waals surface area contributed by atoms with Crippen LogP contribution >= 0.6 is 0 Å². The quantitative estimate of drug-likeness (QED) is 0.512. The van der Waals surface area contributed by atoms with Crippen molar-refractivity contribution < 1.29 is 4.11 Å². The Morgan fingerprint density at radius 3 is 2.73 bits per heavy atom. The van der Waals surface area contributed by atoms with E-state index in [-0.39, 0.29) is 0 Å². The second kappa shape index (κ2) is 3.71. The summed E-state index contributed by atoms with van der Waals surface area (Å²) >= 11 is 0. The Hall–Kier alpha value is -1.38. The van der Waals surface area contributed by atoms with Gasteiger partial charge in [0, 0.05) is 11.1 Å². The molecular formula is C8H11N3. The van der Waals surface area contributed by atoms with Gasteiger partial charge in [-0.2, -0.15) is 0 Å². The molecule has 0 aliphatic heterocycles. The monoisotopic (exact) mass is 152 g/mol. The Kier molecular flexibility index (Phi) is 1.51. The van der Waals surface area contributed by atoms with Crippen molar-refractivity contribution in [3.05, 3.63) is 29.8 Å². The Labute approximate surface area is 70.3 Å². The molecule has 1 rings (SSSR count). The predicted molar refractivity (Wildman–Crippen MR) is 44.8 cm³/mol. The van der Waals surface area contributed by atoms with Crippen LogP contribution in [0.15, 0.2) is 34.6 Å². The number of nitrogens with zero attached hydrogens (tertiary/aromatic N) is 2. The first-order valence-corrected chi connectivity index (χ1v) is 3.22. The summed E-state index contributed by atoms with van der Waals surface area (Å²) in [5.74, 6) is 0. The highest BCUT2D eigenvalue weighted by Gasteiger charge is 1.86. The molecule has 0 aliphatic rings. The van der Waals surface area contributed by atoms with Gasteiger partial charge in [0.1, 0.15) is 0 Å². The van der Waals surface area contributed by atoms with Crippen LogP contribution in [-0.2, 0) is 0 Å². The highest BCUT2D eigenvalue weighted by molar-refractivity contribution is 5.37. The van der Waals surface area contributed by atoms with Gasteiger partial charge in [-0.3, -0.25) is 5.43 Å². The molecule has 0 aromatic heterocycles. The average molecular weight is 152 g/mol. The second-order valence-electron chi connectivity index (χ2n) is 2.15. The molecule has 0 heterocycles. The van der Waals surface area contributed by atoms with Crippen LogP contribution in [0.25, 0.3) is 0 Å².